The van der Waals surface area contributed by atoms with Gasteiger partial charge >= 0.3 is 0 Å². The minimum Gasteiger partial charge on any atom is -0.312 e. The van der Waals surface area contributed by atoms with Gasteiger partial charge in [0.15, 0.2) is 0 Å². The van der Waals surface area contributed by atoms with Crippen LogP contribution >= 0.6 is 0 Å². The van der Waals surface area contributed by atoms with Crippen LogP contribution in [0.5, 0.6) is 0 Å². The van der Waals surface area contributed by atoms with E-state index in [1.807, 2.05) is 36.1 Å². The van der Waals surface area contributed by atoms with E-state index >= 15 is 0 Å². The van der Waals surface area contributed by atoms with Crippen LogP contribution in [0.15, 0.2) is 48.5 Å². The molecule has 0 saturated carbocycles. The number of carbonyl (C=O) groups excluding carboxylic acids is 1. The van der Waals surface area contributed by atoms with Crippen molar-refractivity contribution in [3.05, 3.63) is 65.5 Å². The summed E-state index contributed by atoms with van der Waals surface area (Å²) in [5, 5.41) is 0. The first kappa shape index (κ1) is 12.9. The molecular weight excluding hydrogens is 253 g/mol. The van der Waals surface area contributed by atoms with Crippen molar-refractivity contribution < 1.29 is 9.18 Å². The van der Waals surface area contributed by atoms with Gasteiger partial charge in [-0.3, -0.25) is 4.79 Å². The van der Waals surface area contributed by atoms with Gasteiger partial charge in [-0.25, -0.2) is 4.39 Å². The Morgan fingerprint density at radius 2 is 1.80 bits per heavy atom. The van der Waals surface area contributed by atoms with Gasteiger partial charge in [0, 0.05) is 12.2 Å². The molecule has 1 atom stereocenters. The summed E-state index contributed by atoms with van der Waals surface area (Å²) < 4.78 is 13.0. The van der Waals surface area contributed by atoms with Crippen molar-refractivity contribution >= 4 is 11.6 Å². The number of anilines is 1. The van der Waals surface area contributed by atoms with Gasteiger partial charge in [-0.15, -0.1) is 0 Å². The van der Waals surface area contributed by atoms with Gasteiger partial charge in [0.05, 0.1) is 5.92 Å². The van der Waals surface area contributed by atoms with Crippen LogP contribution in [0, 0.1) is 5.82 Å². The molecule has 3 rings (SSSR count). The zero-order valence-corrected chi connectivity index (χ0v) is 11.3. The van der Waals surface area contributed by atoms with E-state index in [1.165, 1.54) is 12.1 Å². The maximum Gasteiger partial charge on any atom is 0.234 e. The fourth-order valence-corrected chi connectivity index (χ4v) is 2.85. The van der Waals surface area contributed by atoms with Crippen LogP contribution in [0.4, 0.5) is 10.1 Å². The highest BCUT2D eigenvalue weighted by atomic mass is 19.1. The summed E-state index contributed by atoms with van der Waals surface area (Å²) in [4.78, 5) is 14.3. The van der Waals surface area contributed by atoms with E-state index in [-0.39, 0.29) is 17.6 Å². The Labute approximate surface area is 117 Å². The second-order valence-electron chi connectivity index (χ2n) is 5.02. The van der Waals surface area contributed by atoms with E-state index in [1.54, 1.807) is 12.1 Å². The molecule has 0 aliphatic carbocycles. The predicted molar refractivity (Wildman–Crippen MR) is 77.3 cm³/mol. The van der Waals surface area contributed by atoms with Gasteiger partial charge < -0.3 is 4.90 Å². The molecule has 1 aliphatic heterocycles. The summed E-state index contributed by atoms with van der Waals surface area (Å²) in [7, 11) is 0. The van der Waals surface area contributed by atoms with Gasteiger partial charge in [-0.2, -0.15) is 0 Å². The standard InChI is InChI=1S/C17H16FNO/c1-2-19-16-6-4-3-5-14(16)15(17(19)20)11-12-7-9-13(18)10-8-12/h3-10,15H,2,11H2,1H3/t15-/m0/s1. The third-order valence-corrected chi connectivity index (χ3v) is 3.84. The lowest BCUT2D eigenvalue weighted by molar-refractivity contribution is -0.119. The normalized spacial score (nSPS) is 17.4. The molecule has 1 heterocycles. The van der Waals surface area contributed by atoms with Crippen molar-refractivity contribution in [1.82, 2.24) is 0 Å². The van der Waals surface area contributed by atoms with Crippen molar-refractivity contribution in [2.45, 2.75) is 19.3 Å². The third kappa shape index (κ3) is 2.09. The fraction of sp³-hybridized carbons (Fsp3) is 0.235. The molecule has 1 amide bonds. The van der Waals surface area contributed by atoms with Crippen LogP contribution in [-0.4, -0.2) is 12.5 Å². The Morgan fingerprint density at radius 1 is 1.10 bits per heavy atom. The number of likely N-dealkylation sites (N-methyl/N-ethyl adjacent to an activating group) is 1. The van der Waals surface area contributed by atoms with Gasteiger partial charge in [0.1, 0.15) is 5.82 Å². The summed E-state index contributed by atoms with van der Waals surface area (Å²) in [5.41, 5.74) is 3.06. The molecule has 20 heavy (non-hydrogen) atoms. The molecule has 1 aliphatic rings. The molecule has 0 aromatic heterocycles. The molecule has 2 aromatic carbocycles. The largest absolute Gasteiger partial charge is 0.312 e. The Bertz CT molecular complexity index is 636. The number of hydrogen-bond donors (Lipinski definition) is 0. The lowest BCUT2D eigenvalue weighted by Gasteiger charge is -2.15. The number of nitrogens with zero attached hydrogens (tertiary/aromatic N) is 1. The van der Waals surface area contributed by atoms with Crippen molar-refractivity contribution in [3.8, 4) is 0 Å². The van der Waals surface area contributed by atoms with Gasteiger partial charge in [0.2, 0.25) is 5.91 Å². The topological polar surface area (TPSA) is 20.3 Å². The summed E-state index contributed by atoms with van der Waals surface area (Å²) in [5.74, 6) is -0.267. The Hall–Kier alpha value is -2.16. The number of carbonyl (C=O) groups is 1. The Morgan fingerprint density at radius 3 is 2.50 bits per heavy atom. The van der Waals surface area contributed by atoms with E-state index in [2.05, 4.69) is 0 Å². The van der Waals surface area contributed by atoms with E-state index in [0.717, 1.165) is 16.8 Å². The van der Waals surface area contributed by atoms with E-state index in [4.69, 9.17) is 0 Å². The zero-order chi connectivity index (χ0) is 14.1. The predicted octanol–water partition coefficient (Wildman–Crippen LogP) is 3.52. The van der Waals surface area contributed by atoms with Crippen molar-refractivity contribution in [3.63, 3.8) is 0 Å². The Balaban J connectivity index is 1.94. The van der Waals surface area contributed by atoms with Gasteiger partial charge in [0.25, 0.3) is 0 Å². The maximum atomic E-state index is 13.0. The van der Waals surface area contributed by atoms with Crippen LogP contribution in [0.25, 0.3) is 0 Å². The van der Waals surface area contributed by atoms with E-state index in [9.17, 15) is 9.18 Å². The molecule has 0 unspecified atom stereocenters. The number of para-hydroxylation sites is 1. The molecule has 0 saturated heterocycles. The fourth-order valence-electron chi connectivity index (χ4n) is 2.85. The molecule has 0 spiro atoms. The highest BCUT2D eigenvalue weighted by Crippen LogP contribution is 2.38. The van der Waals surface area contributed by atoms with Crippen molar-refractivity contribution in [2.24, 2.45) is 0 Å². The summed E-state index contributed by atoms with van der Waals surface area (Å²) in [6.45, 7) is 2.66. The van der Waals surface area contributed by atoms with Crippen LogP contribution in [0.1, 0.15) is 24.0 Å². The van der Waals surface area contributed by atoms with Gasteiger partial charge in [-0.05, 0) is 42.7 Å². The SMILES string of the molecule is CCN1C(=O)[C@@H](Cc2ccc(F)cc2)c2ccccc21. The monoisotopic (exact) mass is 269 g/mol. The minimum atomic E-state index is -0.248. The molecule has 2 aromatic rings. The Kier molecular flexibility index (Phi) is 3.26. The van der Waals surface area contributed by atoms with Crippen molar-refractivity contribution in [2.75, 3.05) is 11.4 Å². The first-order valence-electron chi connectivity index (χ1n) is 6.85. The molecule has 0 fully saturated rings. The molecule has 0 bridgehead atoms. The molecule has 0 N–H and O–H groups in total. The molecule has 0 radical (unpaired) electrons. The summed E-state index contributed by atoms with van der Waals surface area (Å²) >= 11 is 0. The highest BCUT2D eigenvalue weighted by molar-refractivity contribution is 6.05. The number of fused-ring (bicyclic) bond motifs is 1. The lowest BCUT2D eigenvalue weighted by atomic mass is 9.93. The van der Waals surface area contributed by atoms with Gasteiger partial charge in [-0.1, -0.05) is 30.3 Å². The van der Waals surface area contributed by atoms with E-state index in [0.29, 0.717) is 13.0 Å². The maximum absolute atomic E-state index is 13.0. The minimum absolute atomic E-state index is 0.137. The summed E-state index contributed by atoms with van der Waals surface area (Å²) in [6.07, 6.45) is 0.618. The smallest absolute Gasteiger partial charge is 0.234 e. The molecule has 102 valence electrons. The second kappa shape index (κ2) is 5.08. The first-order valence-corrected chi connectivity index (χ1v) is 6.85. The number of rotatable bonds is 3. The number of benzene rings is 2. The zero-order valence-electron chi connectivity index (χ0n) is 11.3. The van der Waals surface area contributed by atoms with E-state index < -0.39 is 0 Å². The number of hydrogen-bond acceptors (Lipinski definition) is 1. The second-order valence-corrected chi connectivity index (χ2v) is 5.02. The molecular formula is C17H16FNO. The number of amides is 1. The average molecular weight is 269 g/mol. The summed E-state index contributed by atoms with van der Waals surface area (Å²) in [6, 6.07) is 14.3. The van der Waals surface area contributed by atoms with Crippen LogP contribution in [-0.2, 0) is 11.2 Å². The van der Waals surface area contributed by atoms with Crippen LogP contribution in [0.2, 0.25) is 0 Å². The van der Waals surface area contributed by atoms with Crippen LogP contribution in [0.3, 0.4) is 0 Å². The number of halogens is 1. The highest BCUT2D eigenvalue weighted by Gasteiger charge is 2.35. The lowest BCUT2D eigenvalue weighted by Crippen LogP contribution is -2.29. The quantitative estimate of drug-likeness (QED) is 0.835. The third-order valence-electron chi connectivity index (χ3n) is 3.84. The van der Waals surface area contributed by atoms with Crippen LogP contribution < -0.4 is 4.90 Å². The average Bonchev–Trinajstić information content (AvgIpc) is 2.74. The molecule has 3 heteroatoms. The van der Waals surface area contributed by atoms with Crippen molar-refractivity contribution in [1.29, 1.82) is 0 Å². The first-order chi connectivity index (χ1) is 9.70. The molecule has 2 nitrogen and oxygen atoms in total.